The minimum atomic E-state index is -0.581. The second kappa shape index (κ2) is 8.95. The molecule has 0 aliphatic rings. The largest absolute Gasteiger partial charge is 0.491 e. The number of benzene rings is 1. The molecule has 1 aromatic rings. The molecule has 0 heterocycles. The summed E-state index contributed by atoms with van der Waals surface area (Å²) in [5.41, 5.74) is 1.18. The Morgan fingerprint density at radius 3 is 2.25 bits per heavy atom. The molecule has 0 spiro atoms. The zero-order chi connectivity index (χ0) is 15.0. The average molecular weight is 281 g/mol. The lowest BCUT2D eigenvalue weighted by atomic mass is 10.1. The highest BCUT2D eigenvalue weighted by molar-refractivity contribution is 5.26. The Bertz CT molecular complexity index is 364. The average Bonchev–Trinajstić information content (AvgIpc) is 2.37. The van der Waals surface area contributed by atoms with Crippen molar-refractivity contribution in [1.82, 2.24) is 5.32 Å². The van der Waals surface area contributed by atoms with Gasteiger partial charge in [0.2, 0.25) is 0 Å². The van der Waals surface area contributed by atoms with Crippen molar-refractivity contribution in [1.29, 1.82) is 0 Å². The maximum absolute atomic E-state index is 9.79. The van der Waals surface area contributed by atoms with E-state index >= 15 is 0 Å². The number of aliphatic hydroxyl groups excluding tert-OH is 2. The molecule has 0 bridgehead atoms. The molecule has 1 rings (SSSR count). The smallest absolute Gasteiger partial charge is 0.119 e. The first-order chi connectivity index (χ1) is 9.47. The SMILES string of the molecule is Cc1ccc(OCC(O)CNCC(O)CC(C)C)cc1. The molecule has 0 saturated carbocycles. The van der Waals surface area contributed by atoms with Gasteiger partial charge in [0.1, 0.15) is 18.5 Å². The van der Waals surface area contributed by atoms with Crippen LogP contribution in [-0.2, 0) is 0 Å². The van der Waals surface area contributed by atoms with Crippen LogP contribution in [0.5, 0.6) is 5.75 Å². The zero-order valence-electron chi connectivity index (χ0n) is 12.7. The summed E-state index contributed by atoms with van der Waals surface area (Å²) >= 11 is 0. The molecule has 0 amide bonds. The number of hydrogen-bond donors (Lipinski definition) is 3. The molecular weight excluding hydrogens is 254 g/mol. The van der Waals surface area contributed by atoms with Crippen LogP contribution in [0.25, 0.3) is 0 Å². The summed E-state index contributed by atoms with van der Waals surface area (Å²) < 4.78 is 5.49. The molecule has 0 aliphatic heterocycles. The van der Waals surface area contributed by atoms with Crippen LogP contribution in [0.3, 0.4) is 0 Å². The van der Waals surface area contributed by atoms with Gasteiger partial charge in [0, 0.05) is 13.1 Å². The second-order valence-electron chi connectivity index (χ2n) is 5.72. The molecular formula is C16H27NO3. The van der Waals surface area contributed by atoms with Gasteiger partial charge >= 0.3 is 0 Å². The Kier molecular flexibility index (Phi) is 7.59. The molecule has 114 valence electrons. The van der Waals surface area contributed by atoms with Gasteiger partial charge in [-0.3, -0.25) is 0 Å². The summed E-state index contributed by atoms with van der Waals surface area (Å²) in [6.07, 6.45) is -0.175. The molecule has 0 fully saturated rings. The van der Waals surface area contributed by atoms with Crippen molar-refractivity contribution in [2.24, 2.45) is 5.92 Å². The Hall–Kier alpha value is -1.10. The van der Waals surface area contributed by atoms with Crippen molar-refractivity contribution in [2.75, 3.05) is 19.7 Å². The number of nitrogens with one attached hydrogen (secondary N) is 1. The van der Waals surface area contributed by atoms with E-state index in [0.717, 1.165) is 12.2 Å². The van der Waals surface area contributed by atoms with Crippen molar-refractivity contribution < 1.29 is 14.9 Å². The van der Waals surface area contributed by atoms with Gasteiger partial charge in [-0.2, -0.15) is 0 Å². The van der Waals surface area contributed by atoms with Gasteiger partial charge in [0.25, 0.3) is 0 Å². The summed E-state index contributed by atoms with van der Waals surface area (Å²) in [6.45, 7) is 7.34. The maximum atomic E-state index is 9.79. The van der Waals surface area contributed by atoms with E-state index in [1.807, 2.05) is 31.2 Å². The Morgan fingerprint density at radius 2 is 1.65 bits per heavy atom. The molecule has 1 aromatic carbocycles. The summed E-state index contributed by atoms with van der Waals surface area (Å²) in [4.78, 5) is 0. The van der Waals surface area contributed by atoms with Crippen LogP contribution < -0.4 is 10.1 Å². The minimum absolute atomic E-state index is 0.246. The third-order valence-corrected chi connectivity index (χ3v) is 2.97. The fourth-order valence-electron chi connectivity index (χ4n) is 1.93. The van der Waals surface area contributed by atoms with E-state index in [9.17, 15) is 10.2 Å². The van der Waals surface area contributed by atoms with E-state index in [1.54, 1.807) is 0 Å². The van der Waals surface area contributed by atoms with Crippen LogP contribution in [-0.4, -0.2) is 42.1 Å². The van der Waals surface area contributed by atoms with Gasteiger partial charge in [0.05, 0.1) is 6.10 Å². The van der Waals surface area contributed by atoms with Crippen molar-refractivity contribution in [3.8, 4) is 5.75 Å². The van der Waals surface area contributed by atoms with Gasteiger partial charge in [-0.25, -0.2) is 0 Å². The number of aryl methyl sites for hydroxylation is 1. The quantitative estimate of drug-likeness (QED) is 0.645. The summed E-state index contributed by atoms with van der Waals surface area (Å²) in [5.74, 6) is 1.23. The fourth-order valence-corrected chi connectivity index (χ4v) is 1.93. The van der Waals surface area contributed by atoms with Crippen molar-refractivity contribution in [3.05, 3.63) is 29.8 Å². The fraction of sp³-hybridized carbons (Fsp3) is 0.625. The van der Waals surface area contributed by atoms with Crippen molar-refractivity contribution in [2.45, 2.75) is 39.4 Å². The predicted molar refractivity (Wildman–Crippen MR) is 81.0 cm³/mol. The Balaban J connectivity index is 2.14. The van der Waals surface area contributed by atoms with Crippen LogP contribution in [0.15, 0.2) is 24.3 Å². The van der Waals surface area contributed by atoms with E-state index in [-0.39, 0.29) is 12.7 Å². The van der Waals surface area contributed by atoms with Gasteiger partial charge < -0.3 is 20.3 Å². The molecule has 20 heavy (non-hydrogen) atoms. The molecule has 2 atom stereocenters. The van der Waals surface area contributed by atoms with Gasteiger partial charge in [-0.1, -0.05) is 31.5 Å². The lowest BCUT2D eigenvalue weighted by molar-refractivity contribution is 0.0966. The number of aliphatic hydroxyl groups is 2. The van der Waals surface area contributed by atoms with E-state index in [1.165, 1.54) is 5.56 Å². The highest BCUT2D eigenvalue weighted by atomic mass is 16.5. The molecule has 0 saturated heterocycles. The molecule has 0 aliphatic carbocycles. The third-order valence-electron chi connectivity index (χ3n) is 2.97. The van der Waals surface area contributed by atoms with E-state index in [2.05, 4.69) is 19.2 Å². The lowest BCUT2D eigenvalue weighted by Gasteiger charge is -2.16. The van der Waals surface area contributed by atoms with Crippen LogP contribution >= 0.6 is 0 Å². The maximum Gasteiger partial charge on any atom is 0.119 e. The Labute approximate surface area is 121 Å². The van der Waals surface area contributed by atoms with Crippen LogP contribution in [0.1, 0.15) is 25.8 Å². The molecule has 0 aromatic heterocycles. The predicted octanol–water partition coefficient (Wildman–Crippen LogP) is 1.73. The first kappa shape index (κ1) is 17.0. The molecule has 0 radical (unpaired) electrons. The highest BCUT2D eigenvalue weighted by Crippen LogP contribution is 2.11. The highest BCUT2D eigenvalue weighted by Gasteiger charge is 2.09. The Morgan fingerprint density at radius 1 is 1.05 bits per heavy atom. The number of hydrogen-bond acceptors (Lipinski definition) is 4. The molecule has 3 N–H and O–H groups in total. The first-order valence-corrected chi connectivity index (χ1v) is 7.23. The third kappa shape index (κ3) is 7.48. The van der Waals surface area contributed by atoms with Crippen LogP contribution in [0.2, 0.25) is 0 Å². The summed E-state index contributed by atoms with van der Waals surface area (Å²) in [7, 11) is 0. The zero-order valence-corrected chi connectivity index (χ0v) is 12.7. The van der Waals surface area contributed by atoms with Crippen LogP contribution in [0, 0.1) is 12.8 Å². The van der Waals surface area contributed by atoms with Gasteiger partial charge in [0.15, 0.2) is 0 Å². The number of rotatable bonds is 9. The monoisotopic (exact) mass is 281 g/mol. The number of ether oxygens (including phenoxy) is 1. The summed E-state index contributed by atoms with van der Waals surface area (Å²) in [6, 6.07) is 7.73. The lowest BCUT2D eigenvalue weighted by Crippen LogP contribution is -2.36. The van der Waals surface area contributed by atoms with Crippen molar-refractivity contribution >= 4 is 0 Å². The van der Waals surface area contributed by atoms with Gasteiger partial charge in [-0.05, 0) is 31.4 Å². The van der Waals surface area contributed by atoms with Crippen LogP contribution in [0.4, 0.5) is 0 Å². The summed E-state index contributed by atoms with van der Waals surface area (Å²) in [5, 5.41) is 22.5. The topological polar surface area (TPSA) is 61.7 Å². The normalized spacial score (nSPS) is 14.3. The standard InChI is InChI=1S/C16H27NO3/c1-12(2)8-14(18)9-17-10-15(19)11-20-16-6-4-13(3)5-7-16/h4-7,12,14-15,17-19H,8-11H2,1-3H3. The second-order valence-corrected chi connectivity index (χ2v) is 5.72. The molecule has 4 nitrogen and oxygen atoms in total. The van der Waals surface area contributed by atoms with E-state index in [0.29, 0.717) is 19.0 Å². The molecule has 2 unspecified atom stereocenters. The van der Waals surface area contributed by atoms with E-state index < -0.39 is 6.10 Å². The van der Waals surface area contributed by atoms with E-state index in [4.69, 9.17) is 4.74 Å². The molecule has 4 heteroatoms. The first-order valence-electron chi connectivity index (χ1n) is 7.23. The minimum Gasteiger partial charge on any atom is -0.491 e. The van der Waals surface area contributed by atoms with Crippen molar-refractivity contribution in [3.63, 3.8) is 0 Å². The van der Waals surface area contributed by atoms with Gasteiger partial charge in [-0.15, -0.1) is 0 Å².